The predicted octanol–water partition coefficient (Wildman–Crippen LogP) is 3.02. The molecular formula is C25H32O6Si. The summed E-state index contributed by atoms with van der Waals surface area (Å²) in [5, 5.41) is 1.79. The highest BCUT2D eigenvalue weighted by Gasteiger charge is 2.51. The van der Waals surface area contributed by atoms with Crippen molar-refractivity contribution in [3.8, 4) is 0 Å². The summed E-state index contributed by atoms with van der Waals surface area (Å²) in [5.41, 5.74) is 0. The van der Waals surface area contributed by atoms with Gasteiger partial charge < -0.3 is 13.9 Å². The van der Waals surface area contributed by atoms with Crippen LogP contribution in [-0.2, 0) is 28.3 Å². The number of ketones is 1. The molecule has 0 N–H and O–H groups in total. The van der Waals surface area contributed by atoms with Crippen molar-refractivity contribution >= 4 is 36.4 Å². The molecule has 0 unspecified atom stereocenters. The Labute approximate surface area is 191 Å². The second-order valence-corrected chi connectivity index (χ2v) is 13.1. The van der Waals surface area contributed by atoms with E-state index in [0.717, 1.165) is 10.4 Å². The molecule has 0 aliphatic rings. The van der Waals surface area contributed by atoms with Gasteiger partial charge in [-0.15, -0.1) is 0 Å². The molecule has 0 bridgehead atoms. The van der Waals surface area contributed by atoms with Crippen LogP contribution in [-0.4, -0.2) is 44.9 Å². The fraction of sp³-hybridized carbons (Fsp3) is 0.400. The van der Waals surface area contributed by atoms with E-state index in [0.29, 0.717) is 0 Å². The normalized spacial score (nSPS) is 13.7. The molecule has 0 spiro atoms. The summed E-state index contributed by atoms with van der Waals surface area (Å²) in [6, 6.07) is 19.9. The Morgan fingerprint density at radius 3 is 1.56 bits per heavy atom. The Balaban J connectivity index is 2.58. The first-order valence-corrected chi connectivity index (χ1v) is 12.5. The molecule has 2 rings (SSSR count). The van der Waals surface area contributed by atoms with Crippen molar-refractivity contribution < 1.29 is 28.3 Å². The minimum Gasteiger partial charge on any atom is -0.456 e. The molecule has 2 aromatic carbocycles. The molecule has 32 heavy (non-hydrogen) atoms. The summed E-state index contributed by atoms with van der Waals surface area (Å²) in [6.07, 6.45) is -2.30. The van der Waals surface area contributed by atoms with Crippen LogP contribution in [0.1, 0.15) is 41.5 Å². The van der Waals surface area contributed by atoms with Crippen LogP contribution in [0.15, 0.2) is 60.7 Å². The monoisotopic (exact) mass is 456 g/mol. The zero-order chi connectivity index (χ0) is 23.9. The van der Waals surface area contributed by atoms with Crippen molar-refractivity contribution in [3.63, 3.8) is 0 Å². The minimum absolute atomic E-state index is 0.0929. The van der Waals surface area contributed by atoms with Crippen LogP contribution in [0.3, 0.4) is 0 Å². The van der Waals surface area contributed by atoms with E-state index in [4.69, 9.17) is 13.9 Å². The third-order valence-electron chi connectivity index (χ3n) is 5.23. The van der Waals surface area contributed by atoms with E-state index in [1.54, 1.807) is 0 Å². The predicted molar refractivity (Wildman–Crippen MR) is 125 cm³/mol. The molecule has 172 valence electrons. The van der Waals surface area contributed by atoms with Gasteiger partial charge in [0.25, 0.3) is 8.32 Å². The summed E-state index contributed by atoms with van der Waals surface area (Å²) >= 11 is 0. The van der Waals surface area contributed by atoms with Crippen LogP contribution in [0.25, 0.3) is 0 Å². The van der Waals surface area contributed by atoms with E-state index >= 15 is 0 Å². The molecule has 2 atom stereocenters. The average Bonchev–Trinajstić information content (AvgIpc) is 2.71. The second-order valence-electron chi connectivity index (χ2n) is 8.76. The molecule has 0 aliphatic carbocycles. The number of esters is 2. The van der Waals surface area contributed by atoms with Crippen LogP contribution in [0.5, 0.6) is 0 Å². The van der Waals surface area contributed by atoms with E-state index in [9.17, 15) is 14.4 Å². The van der Waals surface area contributed by atoms with E-state index in [1.165, 1.54) is 20.8 Å². The van der Waals surface area contributed by atoms with E-state index in [-0.39, 0.29) is 11.6 Å². The standard InChI is InChI=1S/C25H32O6Si/c1-18(26)24(31-20(3)28)23(30-19(2)27)17-29-32(25(4,5)6,21-13-9-7-10-14-21)22-15-11-8-12-16-22/h7-16,23-24H,17H2,1-6H3/t23-,24+/m0/s1. The first-order valence-electron chi connectivity index (χ1n) is 10.6. The van der Waals surface area contributed by atoms with Crippen molar-refractivity contribution in [1.82, 2.24) is 0 Å². The maximum atomic E-state index is 12.3. The topological polar surface area (TPSA) is 78.9 Å². The molecule has 0 aromatic heterocycles. The lowest BCUT2D eigenvalue weighted by molar-refractivity contribution is -0.171. The van der Waals surface area contributed by atoms with Gasteiger partial charge in [-0.05, 0) is 22.3 Å². The molecule has 0 saturated heterocycles. The van der Waals surface area contributed by atoms with Gasteiger partial charge in [-0.2, -0.15) is 0 Å². The van der Waals surface area contributed by atoms with Gasteiger partial charge in [0.05, 0.1) is 6.61 Å². The second kappa shape index (κ2) is 10.7. The van der Waals surface area contributed by atoms with Crippen molar-refractivity contribution in [1.29, 1.82) is 0 Å². The SMILES string of the molecule is CC(=O)O[C@@H](CO[Si](c1ccccc1)(c1ccccc1)C(C)(C)C)[C@H](OC(C)=O)C(C)=O. The van der Waals surface area contributed by atoms with Gasteiger partial charge in [0.1, 0.15) is 0 Å². The Hall–Kier alpha value is -2.77. The van der Waals surface area contributed by atoms with E-state index < -0.39 is 38.2 Å². The van der Waals surface area contributed by atoms with E-state index in [2.05, 4.69) is 20.8 Å². The van der Waals surface area contributed by atoms with Gasteiger partial charge in [0.2, 0.25) is 0 Å². The molecule has 0 aliphatic heterocycles. The highest BCUT2D eigenvalue weighted by Crippen LogP contribution is 2.37. The summed E-state index contributed by atoms with van der Waals surface area (Å²) in [7, 11) is -2.93. The summed E-state index contributed by atoms with van der Waals surface area (Å²) in [4.78, 5) is 35.7. The molecular weight excluding hydrogens is 424 g/mol. The Bertz CT molecular complexity index is 881. The summed E-state index contributed by atoms with van der Waals surface area (Å²) in [5.74, 6) is -1.63. The number of carbonyl (C=O) groups is 3. The lowest BCUT2D eigenvalue weighted by Crippen LogP contribution is -2.67. The molecule has 0 radical (unpaired) electrons. The Morgan fingerprint density at radius 1 is 0.781 bits per heavy atom. The largest absolute Gasteiger partial charge is 0.456 e. The number of rotatable bonds is 9. The first kappa shape index (κ1) is 25.5. The Kier molecular flexibility index (Phi) is 8.52. The molecule has 0 fully saturated rings. The fourth-order valence-electron chi connectivity index (χ4n) is 3.96. The van der Waals surface area contributed by atoms with Gasteiger partial charge in [0.15, 0.2) is 18.0 Å². The lowest BCUT2D eigenvalue weighted by atomic mass is 10.1. The highest BCUT2D eigenvalue weighted by atomic mass is 28.4. The maximum absolute atomic E-state index is 12.3. The quantitative estimate of drug-likeness (QED) is 0.426. The van der Waals surface area contributed by atoms with Gasteiger partial charge in [-0.1, -0.05) is 81.4 Å². The van der Waals surface area contributed by atoms with Crippen molar-refractivity contribution in [2.24, 2.45) is 0 Å². The van der Waals surface area contributed by atoms with Crippen molar-refractivity contribution in [3.05, 3.63) is 60.7 Å². The van der Waals surface area contributed by atoms with E-state index in [1.807, 2.05) is 60.7 Å². The van der Waals surface area contributed by atoms with Crippen molar-refractivity contribution in [2.75, 3.05) is 6.61 Å². The van der Waals surface area contributed by atoms with Crippen molar-refractivity contribution in [2.45, 2.75) is 58.8 Å². The zero-order valence-electron chi connectivity index (χ0n) is 19.6. The Morgan fingerprint density at radius 2 is 1.22 bits per heavy atom. The lowest BCUT2D eigenvalue weighted by Gasteiger charge is -2.43. The number of hydrogen-bond donors (Lipinski definition) is 0. The average molecular weight is 457 g/mol. The number of benzene rings is 2. The van der Waals surface area contributed by atoms with Crippen LogP contribution < -0.4 is 10.4 Å². The third kappa shape index (κ3) is 5.92. The highest BCUT2D eigenvalue weighted by molar-refractivity contribution is 6.99. The number of ether oxygens (including phenoxy) is 2. The third-order valence-corrected chi connectivity index (χ3v) is 10.2. The summed E-state index contributed by atoms with van der Waals surface area (Å²) in [6.45, 7) is 10.0. The number of hydrogen-bond acceptors (Lipinski definition) is 6. The van der Waals surface area contributed by atoms with Gasteiger partial charge in [-0.25, -0.2) is 0 Å². The smallest absolute Gasteiger partial charge is 0.303 e. The van der Waals surface area contributed by atoms with Crippen LogP contribution >= 0.6 is 0 Å². The molecule has 0 saturated carbocycles. The molecule has 0 amide bonds. The maximum Gasteiger partial charge on any atom is 0.303 e. The van der Waals surface area contributed by atoms with Crippen LogP contribution in [0.2, 0.25) is 5.04 Å². The molecule has 2 aromatic rings. The number of Topliss-reactive ketones (excluding diaryl/α,β-unsaturated/α-hetero) is 1. The van der Waals surface area contributed by atoms with Gasteiger partial charge in [-0.3, -0.25) is 14.4 Å². The van der Waals surface area contributed by atoms with Gasteiger partial charge in [0, 0.05) is 13.8 Å². The zero-order valence-corrected chi connectivity index (χ0v) is 20.6. The molecule has 0 heterocycles. The van der Waals surface area contributed by atoms with Crippen LogP contribution in [0.4, 0.5) is 0 Å². The fourth-order valence-corrected chi connectivity index (χ4v) is 8.53. The first-order chi connectivity index (χ1) is 15.0. The summed E-state index contributed by atoms with van der Waals surface area (Å²) < 4.78 is 17.4. The molecule has 6 nitrogen and oxygen atoms in total. The minimum atomic E-state index is -2.93. The molecule has 7 heteroatoms. The van der Waals surface area contributed by atoms with Gasteiger partial charge >= 0.3 is 11.9 Å². The van der Waals surface area contributed by atoms with Crippen LogP contribution in [0, 0.1) is 0 Å². The number of carbonyl (C=O) groups excluding carboxylic acids is 3.